The number of rotatable bonds is 4. The van der Waals surface area contributed by atoms with Crippen LogP contribution >= 0.6 is 0 Å². The molecule has 2 rings (SSSR count). The van der Waals surface area contributed by atoms with Gasteiger partial charge in [-0.2, -0.15) is 0 Å². The first kappa shape index (κ1) is 11.3. The van der Waals surface area contributed by atoms with Gasteiger partial charge in [-0.1, -0.05) is 5.10 Å². The maximum Gasteiger partial charge on any atom is 0.318 e. The summed E-state index contributed by atoms with van der Waals surface area (Å²) in [5.41, 5.74) is 0. The predicted molar refractivity (Wildman–Crippen MR) is 59.3 cm³/mol. The highest BCUT2D eigenvalue weighted by atomic mass is 16.5. The molecule has 90 valence electrons. The summed E-state index contributed by atoms with van der Waals surface area (Å²) >= 11 is 0. The third-order valence-corrected chi connectivity index (χ3v) is 2.83. The van der Waals surface area contributed by atoms with Gasteiger partial charge in [-0.15, -0.1) is 5.10 Å². The summed E-state index contributed by atoms with van der Waals surface area (Å²) in [4.78, 5) is 2.11. The minimum atomic E-state index is 0.371. The summed E-state index contributed by atoms with van der Waals surface area (Å²) in [6.07, 6.45) is 2.40. The molecule has 6 heteroatoms. The van der Waals surface area contributed by atoms with Crippen LogP contribution in [0.15, 0.2) is 4.42 Å². The quantitative estimate of drug-likeness (QED) is 0.802. The number of methoxy groups -OCH3 is 1. The molecule has 0 radical (unpaired) electrons. The number of piperidine rings is 1. The Kier molecular flexibility index (Phi) is 3.74. The van der Waals surface area contributed by atoms with Gasteiger partial charge in [-0.3, -0.25) is 0 Å². The van der Waals surface area contributed by atoms with E-state index >= 15 is 0 Å². The van der Waals surface area contributed by atoms with Crippen LogP contribution in [0.25, 0.3) is 0 Å². The third kappa shape index (κ3) is 2.51. The monoisotopic (exact) mass is 226 g/mol. The average Bonchev–Trinajstić information content (AvgIpc) is 2.78. The van der Waals surface area contributed by atoms with Crippen LogP contribution < -0.4 is 10.2 Å². The molecule has 0 aromatic carbocycles. The van der Waals surface area contributed by atoms with Crippen molar-refractivity contribution in [2.75, 3.05) is 32.1 Å². The summed E-state index contributed by atoms with van der Waals surface area (Å²) in [5, 5.41) is 11.0. The summed E-state index contributed by atoms with van der Waals surface area (Å²) in [5.74, 6) is 0.631. The first-order valence-electron chi connectivity index (χ1n) is 5.58. The Morgan fingerprint density at radius 2 is 2.19 bits per heavy atom. The van der Waals surface area contributed by atoms with Gasteiger partial charge in [0.05, 0.1) is 12.6 Å². The minimum absolute atomic E-state index is 0.371. The van der Waals surface area contributed by atoms with Crippen LogP contribution in [0.1, 0.15) is 18.7 Å². The van der Waals surface area contributed by atoms with Gasteiger partial charge < -0.3 is 19.4 Å². The molecule has 1 aliphatic rings. The number of anilines is 1. The molecule has 1 saturated heterocycles. The maximum absolute atomic E-state index is 5.53. The molecule has 1 aromatic rings. The van der Waals surface area contributed by atoms with Crippen molar-refractivity contribution in [1.82, 2.24) is 15.5 Å². The molecule has 2 heterocycles. The first-order chi connectivity index (χ1) is 7.83. The smallest absolute Gasteiger partial charge is 0.318 e. The maximum atomic E-state index is 5.53. The normalized spacial score (nSPS) is 18.0. The van der Waals surface area contributed by atoms with Crippen LogP contribution in [0.5, 0.6) is 0 Å². The van der Waals surface area contributed by atoms with E-state index in [0.29, 0.717) is 24.6 Å². The number of nitrogens with one attached hydrogen (secondary N) is 1. The fraction of sp³-hybridized carbons (Fsp3) is 0.800. The molecule has 1 aliphatic heterocycles. The first-order valence-corrected chi connectivity index (χ1v) is 5.58. The topological polar surface area (TPSA) is 63.4 Å². The zero-order valence-corrected chi connectivity index (χ0v) is 9.77. The van der Waals surface area contributed by atoms with Crippen molar-refractivity contribution < 1.29 is 9.15 Å². The number of hydrogen-bond donors (Lipinski definition) is 1. The van der Waals surface area contributed by atoms with E-state index in [1.165, 1.54) is 0 Å². The Hall–Kier alpha value is -1.14. The molecule has 0 bridgehead atoms. The van der Waals surface area contributed by atoms with Crippen LogP contribution in [0.3, 0.4) is 0 Å². The molecule has 0 saturated carbocycles. The van der Waals surface area contributed by atoms with Gasteiger partial charge in [0.15, 0.2) is 0 Å². The van der Waals surface area contributed by atoms with Gasteiger partial charge >= 0.3 is 6.01 Å². The van der Waals surface area contributed by atoms with Crippen LogP contribution in [0.2, 0.25) is 0 Å². The van der Waals surface area contributed by atoms with E-state index in [0.717, 1.165) is 25.9 Å². The van der Waals surface area contributed by atoms with Gasteiger partial charge in [0.25, 0.3) is 0 Å². The van der Waals surface area contributed by atoms with E-state index in [1.54, 1.807) is 7.11 Å². The van der Waals surface area contributed by atoms with Crippen molar-refractivity contribution in [1.29, 1.82) is 0 Å². The molecular formula is C10H18N4O2. The van der Waals surface area contributed by atoms with Crippen molar-refractivity contribution >= 4 is 6.01 Å². The van der Waals surface area contributed by atoms with Gasteiger partial charge in [0, 0.05) is 20.2 Å². The van der Waals surface area contributed by atoms with E-state index in [1.807, 2.05) is 7.05 Å². The summed E-state index contributed by atoms with van der Waals surface area (Å²) in [6, 6.07) is 0.625. The standard InChI is InChI=1S/C10H18N4O2/c1-11-7-9-12-13-10(16-9)14-5-3-8(15-2)4-6-14/h8,11H,3-7H2,1-2H3. The summed E-state index contributed by atoms with van der Waals surface area (Å²) in [7, 11) is 3.62. The number of aromatic nitrogens is 2. The van der Waals surface area contributed by atoms with Crippen molar-refractivity contribution in [3.63, 3.8) is 0 Å². The summed E-state index contributed by atoms with van der Waals surface area (Å²) in [6.45, 7) is 2.45. The minimum Gasteiger partial charge on any atom is -0.407 e. The van der Waals surface area contributed by atoms with E-state index in [-0.39, 0.29) is 0 Å². The Bertz CT molecular complexity index is 320. The lowest BCUT2D eigenvalue weighted by Gasteiger charge is -2.29. The van der Waals surface area contributed by atoms with Crippen molar-refractivity contribution in [3.05, 3.63) is 5.89 Å². The predicted octanol–water partition coefficient (Wildman–Crippen LogP) is 0.404. The largest absolute Gasteiger partial charge is 0.407 e. The lowest BCUT2D eigenvalue weighted by Crippen LogP contribution is -2.36. The average molecular weight is 226 g/mol. The highest BCUT2D eigenvalue weighted by Gasteiger charge is 2.22. The highest BCUT2D eigenvalue weighted by Crippen LogP contribution is 2.19. The van der Waals surface area contributed by atoms with Crippen LogP contribution in [0.4, 0.5) is 6.01 Å². The zero-order valence-electron chi connectivity index (χ0n) is 9.77. The van der Waals surface area contributed by atoms with Crippen LogP contribution in [0, 0.1) is 0 Å². The Morgan fingerprint density at radius 1 is 1.44 bits per heavy atom. The van der Waals surface area contributed by atoms with Gasteiger partial charge in [-0.25, -0.2) is 0 Å². The fourth-order valence-corrected chi connectivity index (χ4v) is 1.88. The van der Waals surface area contributed by atoms with E-state index in [2.05, 4.69) is 20.4 Å². The second-order valence-electron chi connectivity index (χ2n) is 3.93. The lowest BCUT2D eigenvalue weighted by atomic mass is 10.1. The highest BCUT2D eigenvalue weighted by molar-refractivity contribution is 5.24. The SMILES string of the molecule is CNCc1nnc(N2CCC(OC)CC2)o1. The third-order valence-electron chi connectivity index (χ3n) is 2.83. The Balaban J connectivity index is 1.92. The molecule has 6 nitrogen and oxygen atoms in total. The molecule has 0 unspecified atom stereocenters. The number of hydrogen-bond acceptors (Lipinski definition) is 6. The molecule has 1 fully saturated rings. The fourth-order valence-electron chi connectivity index (χ4n) is 1.88. The zero-order chi connectivity index (χ0) is 11.4. The van der Waals surface area contributed by atoms with Crippen LogP contribution in [-0.4, -0.2) is 43.5 Å². The van der Waals surface area contributed by atoms with E-state index in [9.17, 15) is 0 Å². The summed E-state index contributed by atoms with van der Waals surface area (Å²) < 4.78 is 10.8. The van der Waals surface area contributed by atoms with Crippen molar-refractivity contribution in [2.45, 2.75) is 25.5 Å². The Labute approximate surface area is 95.0 Å². The van der Waals surface area contributed by atoms with Gasteiger partial charge in [-0.05, 0) is 19.9 Å². The molecule has 0 aliphatic carbocycles. The molecule has 1 aromatic heterocycles. The van der Waals surface area contributed by atoms with E-state index in [4.69, 9.17) is 9.15 Å². The molecular weight excluding hydrogens is 208 g/mol. The molecule has 0 spiro atoms. The lowest BCUT2D eigenvalue weighted by molar-refractivity contribution is 0.0810. The van der Waals surface area contributed by atoms with E-state index < -0.39 is 0 Å². The number of ether oxygens (including phenoxy) is 1. The molecule has 0 atom stereocenters. The second-order valence-corrected chi connectivity index (χ2v) is 3.93. The van der Waals surface area contributed by atoms with Gasteiger partial charge in [0.1, 0.15) is 0 Å². The van der Waals surface area contributed by atoms with Gasteiger partial charge in [0.2, 0.25) is 5.89 Å². The van der Waals surface area contributed by atoms with Crippen molar-refractivity contribution in [3.8, 4) is 0 Å². The second kappa shape index (κ2) is 5.27. The molecule has 0 amide bonds. The van der Waals surface area contributed by atoms with Crippen LogP contribution in [-0.2, 0) is 11.3 Å². The molecule has 16 heavy (non-hydrogen) atoms. The number of nitrogens with zero attached hydrogens (tertiary/aromatic N) is 3. The molecule has 1 N–H and O–H groups in total. The Morgan fingerprint density at radius 3 is 2.81 bits per heavy atom. The van der Waals surface area contributed by atoms with Crippen molar-refractivity contribution in [2.24, 2.45) is 0 Å².